The standard InChI is InChI=1S/C12H15FO/c1-2-6-11(13)9-12(14)10-7-4-3-5-8-10/h3-5,7-8,11H,2,6,9H2,1H3. The summed E-state index contributed by atoms with van der Waals surface area (Å²) in [5.41, 5.74) is 0.603. The van der Waals surface area contributed by atoms with Crippen molar-refractivity contribution < 1.29 is 9.18 Å². The van der Waals surface area contributed by atoms with Crippen LogP contribution in [0.5, 0.6) is 0 Å². The van der Waals surface area contributed by atoms with Crippen molar-refractivity contribution in [3.8, 4) is 0 Å². The van der Waals surface area contributed by atoms with E-state index in [4.69, 9.17) is 0 Å². The topological polar surface area (TPSA) is 17.1 Å². The maximum Gasteiger partial charge on any atom is 0.165 e. The van der Waals surface area contributed by atoms with Crippen molar-refractivity contribution in [3.05, 3.63) is 35.9 Å². The van der Waals surface area contributed by atoms with E-state index in [0.29, 0.717) is 12.0 Å². The minimum atomic E-state index is -0.993. The Kier molecular flexibility index (Phi) is 4.30. The molecule has 76 valence electrons. The maximum absolute atomic E-state index is 13.1. The molecular formula is C12H15FO. The smallest absolute Gasteiger partial charge is 0.165 e. The van der Waals surface area contributed by atoms with Gasteiger partial charge in [0.25, 0.3) is 0 Å². The Morgan fingerprint density at radius 2 is 2.00 bits per heavy atom. The summed E-state index contributed by atoms with van der Waals surface area (Å²) < 4.78 is 13.1. The summed E-state index contributed by atoms with van der Waals surface area (Å²) in [5, 5.41) is 0. The summed E-state index contributed by atoms with van der Waals surface area (Å²) in [7, 11) is 0. The maximum atomic E-state index is 13.1. The van der Waals surface area contributed by atoms with Crippen LogP contribution in [0, 0.1) is 0 Å². The van der Waals surface area contributed by atoms with Crippen LogP contribution in [-0.2, 0) is 0 Å². The molecule has 1 rings (SSSR count). The highest BCUT2D eigenvalue weighted by atomic mass is 19.1. The fourth-order valence-electron chi connectivity index (χ4n) is 1.36. The van der Waals surface area contributed by atoms with Gasteiger partial charge in [0.2, 0.25) is 0 Å². The third kappa shape index (κ3) is 3.29. The zero-order chi connectivity index (χ0) is 10.4. The van der Waals surface area contributed by atoms with Gasteiger partial charge in [0.05, 0.1) is 0 Å². The lowest BCUT2D eigenvalue weighted by Gasteiger charge is -2.05. The predicted molar refractivity (Wildman–Crippen MR) is 55.2 cm³/mol. The molecule has 1 unspecified atom stereocenters. The molecule has 0 amide bonds. The van der Waals surface area contributed by atoms with E-state index in [0.717, 1.165) is 6.42 Å². The first-order valence-corrected chi connectivity index (χ1v) is 4.96. The Balaban J connectivity index is 2.51. The molecule has 1 atom stereocenters. The predicted octanol–water partition coefficient (Wildman–Crippen LogP) is 3.40. The molecule has 14 heavy (non-hydrogen) atoms. The second kappa shape index (κ2) is 5.53. The van der Waals surface area contributed by atoms with Gasteiger partial charge >= 0.3 is 0 Å². The number of benzene rings is 1. The van der Waals surface area contributed by atoms with Crippen molar-refractivity contribution in [1.82, 2.24) is 0 Å². The van der Waals surface area contributed by atoms with Crippen molar-refractivity contribution in [2.75, 3.05) is 0 Å². The van der Waals surface area contributed by atoms with Crippen LogP contribution in [-0.4, -0.2) is 12.0 Å². The van der Waals surface area contributed by atoms with Crippen LogP contribution < -0.4 is 0 Å². The number of hydrogen-bond acceptors (Lipinski definition) is 1. The number of carbonyl (C=O) groups is 1. The van der Waals surface area contributed by atoms with Gasteiger partial charge in [-0.2, -0.15) is 0 Å². The van der Waals surface area contributed by atoms with Crippen molar-refractivity contribution in [2.24, 2.45) is 0 Å². The first kappa shape index (κ1) is 10.9. The lowest BCUT2D eigenvalue weighted by atomic mass is 10.0. The average Bonchev–Trinajstić information content (AvgIpc) is 2.19. The second-order valence-corrected chi connectivity index (χ2v) is 3.38. The zero-order valence-corrected chi connectivity index (χ0v) is 8.37. The summed E-state index contributed by atoms with van der Waals surface area (Å²) in [6, 6.07) is 8.87. The molecule has 0 bridgehead atoms. The van der Waals surface area contributed by atoms with Gasteiger partial charge in [0.1, 0.15) is 6.17 Å². The van der Waals surface area contributed by atoms with Crippen LogP contribution in [0.2, 0.25) is 0 Å². The lowest BCUT2D eigenvalue weighted by molar-refractivity contribution is 0.0943. The summed E-state index contributed by atoms with van der Waals surface area (Å²) in [5.74, 6) is -0.105. The van der Waals surface area contributed by atoms with Gasteiger partial charge in [0.15, 0.2) is 5.78 Å². The summed E-state index contributed by atoms with van der Waals surface area (Å²) >= 11 is 0. The van der Waals surface area contributed by atoms with Gasteiger partial charge in [0, 0.05) is 12.0 Å². The van der Waals surface area contributed by atoms with E-state index in [2.05, 4.69) is 0 Å². The Morgan fingerprint density at radius 1 is 1.36 bits per heavy atom. The minimum absolute atomic E-state index is 0.0118. The van der Waals surface area contributed by atoms with E-state index in [1.807, 2.05) is 13.0 Å². The van der Waals surface area contributed by atoms with Crippen LogP contribution in [0.3, 0.4) is 0 Å². The molecular weight excluding hydrogens is 179 g/mol. The van der Waals surface area contributed by atoms with Gasteiger partial charge in [-0.25, -0.2) is 4.39 Å². The highest BCUT2D eigenvalue weighted by Gasteiger charge is 2.12. The molecule has 0 aliphatic rings. The van der Waals surface area contributed by atoms with E-state index in [1.165, 1.54) is 0 Å². The normalized spacial score (nSPS) is 12.4. The molecule has 0 radical (unpaired) electrons. The molecule has 0 aromatic heterocycles. The van der Waals surface area contributed by atoms with E-state index in [1.54, 1.807) is 24.3 Å². The number of alkyl halides is 1. The largest absolute Gasteiger partial charge is 0.294 e. The Morgan fingerprint density at radius 3 is 2.57 bits per heavy atom. The van der Waals surface area contributed by atoms with Gasteiger partial charge in [-0.15, -0.1) is 0 Å². The van der Waals surface area contributed by atoms with Crippen LogP contribution in [0.1, 0.15) is 36.5 Å². The molecule has 0 saturated carbocycles. The third-order valence-corrected chi connectivity index (χ3v) is 2.10. The van der Waals surface area contributed by atoms with Crippen LogP contribution in [0.4, 0.5) is 4.39 Å². The number of rotatable bonds is 5. The monoisotopic (exact) mass is 194 g/mol. The third-order valence-electron chi connectivity index (χ3n) is 2.10. The Bertz CT molecular complexity index is 282. The van der Waals surface area contributed by atoms with E-state index < -0.39 is 6.17 Å². The number of halogens is 1. The SMILES string of the molecule is CCCC(F)CC(=O)c1ccccc1. The Hall–Kier alpha value is -1.18. The summed E-state index contributed by atoms with van der Waals surface area (Å²) in [6.45, 7) is 1.92. The quantitative estimate of drug-likeness (QED) is 0.656. The van der Waals surface area contributed by atoms with Crippen molar-refractivity contribution in [3.63, 3.8) is 0 Å². The lowest BCUT2D eigenvalue weighted by Crippen LogP contribution is -2.08. The van der Waals surface area contributed by atoms with E-state index in [-0.39, 0.29) is 12.2 Å². The van der Waals surface area contributed by atoms with E-state index >= 15 is 0 Å². The molecule has 2 heteroatoms. The first-order valence-electron chi connectivity index (χ1n) is 4.96. The van der Waals surface area contributed by atoms with Crippen LogP contribution in [0.15, 0.2) is 30.3 Å². The molecule has 0 fully saturated rings. The molecule has 0 aliphatic carbocycles. The molecule has 0 spiro atoms. The number of Topliss-reactive ketones (excluding diaryl/α,β-unsaturated/α-hetero) is 1. The summed E-state index contributed by atoms with van der Waals surface area (Å²) in [6.07, 6.45) is 0.271. The first-order chi connectivity index (χ1) is 6.74. The van der Waals surface area contributed by atoms with Gasteiger partial charge < -0.3 is 0 Å². The molecule has 0 heterocycles. The van der Waals surface area contributed by atoms with Gasteiger partial charge in [-0.05, 0) is 6.42 Å². The van der Waals surface area contributed by atoms with Gasteiger partial charge in [-0.3, -0.25) is 4.79 Å². The van der Waals surface area contributed by atoms with Crippen molar-refractivity contribution >= 4 is 5.78 Å². The highest BCUT2D eigenvalue weighted by Crippen LogP contribution is 2.11. The molecule has 0 N–H and O–H groups in total. The van der Waals surface area contributed by atoms with Crippen molar-refractivity contribution in [1.29, 1.82) is 0 Å². The Labute approximate surface area is 83.9 Å². The summed E-state index contributed by atoms with van der Waals surface area (Å²) in [4.78, 5) is 11.5. The molecule has 1 aromatic rings. The number of hydrogen-bond donors (Lipinski definition) is 0. The fraction of sp³-hybridized carbons (Fsp3) is 0.417. The molecule has 0 saturated heterocycles. The highest BCUT2D eigenvalue weighted by molar-refractivity contribution is 5.96. The van der Waals surface area contributed by atoms with E-state index in [9.17, 15) is 9.18 Å². The molecule has 1 aromatic carbocycles. The molecule has 0 aliphatic heterocycles. The van der Waals surface area contributed by atoms with Crippen molar-refractivity contribution in [2.45, 2.75) is 32.4 Å². The minimum Gasteiger partial charge on any atom is -0.294 e. The molecule has 1 nitrogen and oxygen atoms in total. The van der Waals surface area contributed by atoms with Gasteiger partial charge in [-0.1, -0.05) is 43.7 Å². The fourth-order valence-corrected chi connectivity index (χ4v) is 1.36. The van der Waals surface area contributed by atoms with Crippen LogP contribution in [0.25, 0.3) is 0 Å². The zero-order valence-electron chi connectivity index (χ0n) is 8.37. The average molecular weight is 194 g/mol. The second-order valence-electron chi connectivity index (χ2n) is 3.38. The number of carbonyl (C=O) groups excluding carboxylic acids is 1. The number of ketones is 1. The van der Waals surface area contributed by atoms with Crippen LogP contribution >= 0.6 is 0 Å².